The Morgan fingerprint density at radius 1 is 1.38 bits per heavy atom. The number of pyridine rings is 1. The van der Waals surface area contributed by atoms with Gasteiger partial charge in [-0.15, -0.1) is 0 Å². The maximum Gasteiger partial charge on any atom is 0.266 e. The van der Waals surface area contributed by atoms with Gasteiger partial charge in [0.1, 0.15) is 5.75 Å². The van der Waals surface area contributed by atoms with Gasteiger partial charge in [-0.3, -0.25) is 9.78 Å². The van der Waals surface area contributed by atoms with Crippen LogP contribution in [0, 0.1) is 0 Å². The van der Waals surface area contributed by atoms with Crippen molar-refractivity contribution in [3.63, 3.8) is 0 Å². The van der Waals surface area contributed by atoms with E-state index >= 15 is 0 Å². The number of ether oxygens (including phenoxy) is 1. The van der Waals surface area contributed by atoms with Crippen LogP contribution in [-0.2, 0) is 10.0 Å². The summed E-state index contributed by atoms with van der Waals surface area (Å²) >= 11 is 3.39. The Kier molecular flexibility index (Phi) is 4.48. The van der Waals surface area contributed by atoms with E-state index in [-0.39, 0.29) is 5.56 Å². The lowest BCUT2D eigenvalue weighted by molar-refractivity contribution is 0.0981. The highest BCUT2D eigenvalue weighted by Gasteiger charge is 2.13. The zero-order chi connectivity index (χ0) is 15.6. The summed E-state index contributed by atoms with van der Waals surface area (Å²) in [4.78, 5) is 16.0. The molecule has 0 radical (unpaired) electrons. The Labute approximate surface area is 130 Å². The van der Waals surface area contributed by atoms with Crippen LogP contribution >= 0.6 is 15.9 Å². The van der Waals surface area contributed by atoms with Gasteiger partial charge in [0.25, 0.3) is 5.91 Å². The largest absolute Gasteiger partial charge is 0.494 e. The van der Waals surface area contributed by atoms with E-state index in [9.17, 15) is 13.2 Å². The molecule has 2 aromatic rings. The molecule has 0 aliphatic rings. The van der Waals surface area contributed by atoms with Crippen LogP contribution in [0.25, 0.3) is 10.9 Å². The van der Waals surface area contributed by atoms with Crippen molar-refractivity contribution in [1.82, 2.24) is 9.71 Å². The van der Waals surface area contributed by atoms with Gasteiger partial charge in [0.05, 0.1) is 23.9 Å². The van der Waals surface area contributed by atoms with E-state index in [0.717, 1.165) is 10.7 Å². The maximum absolute atomic E-state index is 11.8. The van der Waals surface area contributed by atoms with Crippen molar-refractivity contribution in [2.24, 2.45) is 0 Å². The number of halogens is 1. The molecule has 112 valence electrons. The molecule has 0 saturated carbocycles. The number of fused-ring (bicyclic) bond motifs is 1. The zero-order valence-corrected chi connectivity index (χ0v) is 13.8. The van der Waals surface area contributed by atoms with Gasteiger partial charge in [0, 0.05) is 16.1 Å². The molecule has 0 bridgehead atoms. The summed E-state index contributed by atoms with van der Waals surface area (Å²) in [6, 6.07) is 5.10. The topological polar surface area (TPSA) is 85.4 Å². The van der Waals surface area contributed by atoms with Crippen LogP contribution in [0.4, 0.5) is 0 Å². The molecule has 0 fully saturated rings. The van der Waals surface area contributed by atoms with Gasteiger partial charge in [-0.1, -0.05) is 0 Å². The van der Waals surface area contributed by atoms with Crippen molar-refractivity contribution in [3.05, 3.63) is 34.4 Å². The predicted molar refractivity (Wildman–Crippen MR) is 82.9 cm³/mol. The van der Waals surface area contributed by atoms with E-state index in [2.05, 4.69) is 20.9 Å². The van der Waals surface area contributed by atoms with E-state index in [1.165, 1.54) is 6.20 Å². The van der Waals surface area contributed by atoms with Gasteiger partial charge in [0.2, 0.25) is 10.0 Å². The number of nitrogens with one attached hydrogen (secondary N) is 1. The molecule has 1 amide bonds. The Morgan fingerprint density at radius 3 is 2.71 bits per heavy atom. The van der Waals surface area contributed by atoms with Crippen LogP contribution in [0.2, 0.25) is 0 Å². The van der Waals surface area contributed by atoms with Crippen LogP contribution in [0.5, 0.6) is 5.75 Å². The maximum atomic E-state index is 11.8. The number of rotatable bonds is 4. The lowest BCUT2D eigenvalue weighted by Crippen LogP contribution is -2.29. The molecule has 0 spiro atoms. The summed E-state index contributed by atoms with van der Waals surface area (Å²) in [5.74, 6) is -0.0795. The summed E-state index contributed by atoms with van der Waals surface area (Å²) in [6.45, 7) is 2.38. The first-order valence-corrected chi connectivity index (χ1v) is 8.73. The van der Waals surface area contributed by atoms with E-state index in [1.807, 2.05) is 11.6 Å². The third-order valence-corrected chi connectivity index (χ3v) is 3.72. The van der Waals surface area contributed by atoms with Gasteiger partial charge in [-0.25, -0.2) is 13.1 Å². The molecule has 0 aliphatic carbocycles. The third kappa shape index (κ3) is 3.92. The monoisotopic (exact) mass is 372 g/mol. The summed E-state index contributed by atoms with van der Waals surface area (Å²) in [7, 11) is -3.61. The molecule has 6 nitrogen and oxygen atoms in total. The van der Waals surface area contributed by atoms with Gasteiger partial charge < -0.3 is 4.74 Å². The highest BCUT2D eigenvalue weighted by molar-refractivity contribution is 9.10. The first-order chi connectivity index (χ1) is 9.80. The van der Waals surface area contributed by atoms with Gasteiger partial charge in [-0.2, -0.15) is 0 Å². The molecule has 1 heterocycles. The van der Waals surface area contributed by atoms with Crippen molar-refractivity contribution < 1.29 is 17.9 Å². The highest BCUT2D eigenvalue weighted by Crippen LogP contribution is 2.28. The van der Waals surface area contributed by atoms with Crippen LogP contribution in [0.3, 0.4) is 0 Å². The highest BCUT2D eigenvalue weighted by atomic mass is 79.9. The van der Waals surface area contributed by atoms with Gasteiger partial charge in [-0.05, 0) is 41.1 Å². The first kappa shape index (κ1) is 15.7. The SMILES string of the molecule is CCOc1cc(Br)c2ncc(C(=O)NS(C)(=O)=O)cc2c1. The number of amides is 1. The normalized spacial score (nSPS) is 11.4. The third-order valence-electron chi connectivity index (χ3n) is 2.56. The molecule has 0 aliphatic heterocycles. The van der Waals surface area contributed by atoms with Crippen LogP contribution in [0.15, 0.2) is 28.9 Å². The van der Waals surface area contributed by atoms with Crippen LogP contribution in [0.1, 0.15) is 17.3 Å². The van der Waals surface area contributed by atoms with E-state index in [1.54, 1.807) is 18.2 Å². The molecule has 0 unspecified atom stereocenters. The van der Waals surface area contributed by atoms with Crippen molar-refractivity contribution in [2.45, 2.75) is 6.92 Å². The zero-order valence-electron chi connectivity index (χ0n) is 11.4. The minimum atomic E-state index is -3.61. The lowest BCUT2D eigenvalue weighted by Gasteiger charge is -2.08. The molecule has 0 atom stereocenters. The predicted octanol–water partition coefficient (Wildman–Crippen LogP) is 2.09. The number of aromatic nitrogens is 1. The first-order valence-electron chi connectivity index (χ1n) is 6.04. The lowest BCUT2D eigenvalue weighted by atomic mass is 10.1. The number of hydrogen-bond acceptors (Lipinski definition) is 5. The van der Waals surface area contributed by atoms with Crippen LogP contribution < -0.4 is 9.46 Å². The Balaban J connectivity index is 2.47. The van der Waals surface area contributed by atoms with Crippen LogP contribution in [-0.4, -0.2) is 32.2 Å². The van der Waals surface area contributed by atoms with E-state index in [4.69, 9.17) is 4.74 Å². The number of carbonyl (C=O) groups excluding carboxylic acids is 1. The summed E-state index contributed by atoms with van der Waals surface area (Å²) in [5, 5.41) is 0.675. The van der Waals surface area contributed by atoms with Crippen molar-refractivity contribution in [3.8, 4) is 5.75 Å². The summed E-state index contributed by atoms with van der Waals surface area (Å²) < 4.78 is 30.2. The fraction of sp³-hybridized carbons (Fsp3) is 0.231. The molecule has 2 rings (SSSR count). The number of carbonyl (C=O) groups is 1. The molecule has 1 aromatic heterocycles. The molecule has 0 saturated heterocycles. The minimum Gasteiger partial charge on any atom is -0.494 e. The second-order valence-corrected chi connectivity index (χ2v) is 6.94. The average molecular weight is 373 g/mol. The summed E-state index contributed by atoms with van der Waals surface area (Å²) in [6.07, 6.45) is 2.25. The smallest absolute Gasteiger partial charge is 0.266 e. The molecule has 21 heavy (non-hydrogen) atoms. The van der Waals surface area contributed by atoms with Gasteiger partial charge >= 0.3 is 0 Å². The second kappa shape index (κ2) is 5.98. The quantitative estimate of drug-likeness (QED) is 0.887. The molecular weight excluding hydrogens is 360 g/mol. The fourth-order valence-corrected chi connectivity index (χ4v) is 2.79. The molecule has 1 N–H and O–H groups in total. The molecule has 8 heteroatoms. The van der Waals surface area contributed by atoms with E-state index < -0.39 is 15.9 Å². The standard InChI is InChI=1S/C13H13BrN2O4S/c1-3-20-10-5-8-4-9(13(17)16-21(2,18)19)7-15-12(8)11(14)6-10/h4-7H,3H2,1-2H3,(H,16,17). The average Bonchev–Trinajstić information content (AvgIpc) is 2.36. The number of hydrogen-bond donors (Lipinski definition) is 1. The Bertz CT molecular complexity index is 805. The number of sulfonamides is 1. The van der Waals surface area contributed by atoms with Gasteiger partial charge in [0.15, 0.2) is 0 Å². The van der Waals surface area contributed by atoms with Crippen molar-refractivity contribution in [1.29, 1.82) is 0 Å². The fourth-order valence-electron chi connectivity index (χ4n) is 1.78. The minimum absolute atomic E-state index is 0.161. The van der Waals surface area contributed by atoms with E-state index in [0.29, 0.717) is 23.3 Å². The second-order valence-electron chi connectivity index (χ2n) is 4.34. The molecular formula is C13H13BrN2O4S. The Hall–Kier alpha value is -1.67. The Morgan fingerprint density at radius 2 is 2.10 bits per heavy atom. The number of nitrogens with zero attached hydrogens (tertiary/aromatic N) is 1. The molecule has 1 aromatic carbocycles. The van der Waals surface area contributed by atoms with Crippen molar-refractivity contribution in [2.75, 3.05) is 12.9 Å². The van der Waals surface area contributed by atoms with Crippen molar-refractivity contribution >= 4 is 42.8 Å². The summed E-state index contributed by atoms with van der Waals surface area (Å²) in [5.41, 5.74) is 0.822. The number of benzene rings is 1.